The summed E-state index contributed by atoms with van der Waals surface area (Å²) in [5.41, 5.74) is 7.23. The van der Waals surface area contributed by atoms with Gasteiger partial charge in [0.15, 0.2) is 23.2 Å². The summed E-state index contributed by atoms with van der Waals surface area (Å²) < 4.78 is 14.4. The van der Waals surface area contributed by atoms with Crippen molar-refractivity contribution in [3.05, 3.63) is 130 Å². The Balaban J connectivity index is 0.000000288. The minimum Gasteiger partial charge on any atom is -0.855 e. The van der Waals surface area contributed by atoms with E-state index in [2.05, 4.69) is 26.0 Å². The molecule has 2 aromatic carbocycles. The quantitative estimate of drug-likeness (QED) is 0.0907. The monoisotopic (exact) mass is 1150 g/mol. The molecule has 83 heavy (non-hydrogen) atoms. The fourth-order valence-electron chi connectivity index (χ4n) is 9.31. The first kappa shape index (κ1) is 66.0. The van der Waals surface area contributed by atoms with E-state index in [-0.39, 0.29) is 77.2 Å². The van der Waals surface area contributed by atoms with E-state index in [1.807, 2.05) is 46.8 Å². The number of hydrogen-bond donors (Lipinski definition) is 3. The summed E-state index contributed by atoms with van der Waals surface area (Å²) >= 11 is 0. The summed E-state index contributed by atoms with van der Waals surface area (Å²) in [5, 5.41) is 15.8. The first-order chi connectivity index (χ1) is 38.7. The Morgan fingerprint density at radius 1 is 0.639 bits per heavy atom. The molecule has 2 fully saturated rings. The minimum atomic E-state index is -0.686. The van der Waals surface area contributed by atoms with E-state index in [1.165, 1.54) is 30.5 Å². The molecule has 3 N–H and O–H groups in total. The zero-order valence-electron chi connectivity index (χ0n) is 50.3. The summed E-state index contributed by atoms with van der Waals surface area (Å²) in [6.07, 6.45) is 5.17. The van der Waals surface area contributed by atoms with Crippen molar-refractivity contribution >= 4 is 53.1 Å². The van der Waals surface area contributed by atoms with Crippen molar-refractivity contribution in [2.75, 3.05) is 54.9 Å². The topological polar surface area (TPSA) is 268 Å². The number of amides is 5. The molecule has 6 heterocycles. The van der Waals surface area contributed by atoms with Gasteiger partial charge in [-0.05, 0) is 141 Å². The number of pyridine rings is 2. The second kappa shape index (κ2) is 28.5. The molecule has 23 heteroatoms. The summed E-state index contributed by atoms with van der Waals surface area (Å²) in [7, 11) is 3.27. The molecule has 0 aliphatic carbocycles. The molecule has 436 valence electrons. The van der Waals surface area contributed by atoms with Crippen LogP contribution in [0.5, 0.6) is 0 Å². The number of rotatable bonds is 12. The van der Waals surface area contributed by atoms with Crippen LogP contribution in [0.1, 0.15) is 171 Å². The van der Waals surface area contributed by atoms with Gasteiger partial charge in [-0.1, -0.05) is 31.2 Å². The first-order valence-electron chi connectivity index (χ1n) is 27.1. The maximum Gasteiger partial charge on any atom is 1.00 e. The van der Waals surface area contributed by atoms with E-state index in [4.69, 9.17) is 24.5 Å². The Morgan fingerprint density at radius 2 is 1.02 bits per heavy atom. The molecule has 5 amide bonds. The van der Waals surface area contributed by atoms with Gasteiger partial charge in [0, 0.05) is 82.6 Å². The molecule has 22 nitrogen and oxygen atoms in total. The third kappa shape index (κ3) is 16.7. The van der Waals surface area contributed by atoms with Gasteiger partial charge in [-0.3, -0.25) is 38.8 Å². The van der Waals surface area contributed by atoms with Gasteiger partial charge in [0.05, 0.1) is 12.1 Å². The molecule has 2 saturated heterocycles. The maximum atomic E-state index is 13.1. The van der Waals surface area contributed by atoms with Gasteiger partial charge in [-0.2, -0.15) is 0 Å². The van der Waals surface area contributed by atoms with Crippen LogP contribution in [-0.2, 0) is 14.3 Å². The average Bonchev–Trinajstić information content (AvgIpc) is 2.16. The van der Waals surface area contributed by atoms with Crippen LogP contribution in [0.3, 0.4) is 0 Å². The number of anilines is 2. The number of aryl methyl sites for hydroxylation is 2. The molecule has 2 atom stereocenters. The number of benzene rings is 2. The zero-order valence-corrected chi connectivity index (χ0v) is 52.3. The Morgan fingerprint density at radius 3 is 1.39 bits per heavy atom. The van der Waals surface area contributed by atoms with Crippen molar-refractivity contribution in [1.29, 1.82) is 0 Å². The number of imidazole rings is 2. The summed E-state index contributed by atoms with van der Waals surface area (Å²) in [6.45, 7) is 21.6. The number of nitrogens with zero attached hydrogens (tertiary/aromatic N) is 9. The number of carbonyl (C=O) groups excluding carboxylic acids is 7. The van der Waals surface area contributed by atoms with E-state index in [1.54, 1.807) is 129 Å². The third-order valence-electron chi connectivity index (χ3n) is 12.9. The van der Waals surface area contributed by atoms with Gasteiger partial charge >= 0.3 is 41.7 Å². The van der Waals surface area contributed by atoms with Crippen LogP contribution in [0, 0.1) is 13.8 Å². The number of hydrogen-bond acceptors (Lipinski definition) is 15. The smallest absolute Gasteiger partial charge is 0.855 e. The average molecular weight is 1150 g/mol. The minimum absolute atomic E-state index is 0. The van der Waals surface area contributed by atoms with Gasteiger partial charge in [0.25, 0.3) is 11.8 Å². The van der Waals surface area contributed by atoms with Crippen LogP contribution in [-0.4, -0.2) is 126 Å². The van der Waals surface area contributed by atoms with Crippen molar-refractivity contribution in [1.82, 2.24) is 39.1 Å². The number of aromatic nitrogens is 6. The molecule has 0 unspecified atom stereocenters. The molecule has 0 bridgehead atoms. The maximum absolute atomic E-state index is 13.1. The molecule has 0 spiro atoms. The van der Waals surface area contributed by atoms with Crippen LogP contribution in [0.2, 0.25) is 0 Å². The van der Waals surface area contributed by atoms with E-state index >= 15 is 0 Å². The molecule has 8 rings (SSSR count). The fraction of sp³-hybridized carbons (Fsp3) is 0.417. The predicted octanol–water partition coefficient (Wildman–Crippen LogP) is 6.22. The van der Waals surface area contributed by atoms with Crippen molar-refractivity contribution in [3.63, 3.8) is 0 Å². The Bertz CT molecular complexity index is 3310. The standard InChI is InChI=1S/C30H36N6O5.C28H34N6O4.C2H5O.Na/c1-18-14-15-31-24(17-18)32-28(39)22-12-10-21(11-13-22)25-26(19(2)37)36(34(7)20(3)38)27(33-25)23-9-8-16-35(23)29(40)41-30(4,5)6;1-17-13-14-30-22(16-17)31-26(36)20-11-9-19(10-12-20)23-24(18(2)35)34(29-6)25(32-23)21-8-7-15-33(21)27(37)38-28(3,4)5;1-2-3;/h10-15,17,23H,8-9,16H2,1-7H3,(H,31,32,39);9-14,16,21,29H,7-8,15H2,1-6H3,(H,30,31,36);2H2,1H3;/q;;-1;+1/t23-;21-;;/m00../s1. The van der Waals surface area contributed by atoms with Gasteiger partial charge in [0.1, 0.15) is 45.6 Å². The van der Waals surface area contributed by atoms with Crippen LogP contribution < -0.4 is 55.7 Å². The number of ketones is 2. The predicted molar refractivity (Wildman–Crippen MR) is 310 cm³/mol. The van der Waals surface area contributed by atoms with Crippen molar-refractivity contribution < 1.29 is 77.7 Å². The number of nitrogens with one attached hydrogen (secondary N) is 3. The first-order valence-corrected chi connectivity index (χ1v) is 27.1. The second-order valence-electron chi connectivity index (χ2n) is 21.8. The number of Topliss-reactive ketones (excluding diaryl/α,β-unsaturated/α-hetero) is 2. The molecule has 0 saturated carbocycles. The largest absolute Gasteiger partial charge is 1.00 e. The molecule has 4 aromatic heterocycles. The Hall–Kier alpha value is -7.79. The van der Waals surface area contributed by atoms with Crippen LogP contribution >= 0.6 is 0 Å². The normalized spacial score (nSPS) is 14.6. The van der Waals surface area contributed by atoms with E-state index in [9.17, 15) is 33.6 Å². The second-order valence-corrected chi connectivity index (χ2v) is 21.8. The number of likely N-dealkylation sites (tertiary alicyclic amines) is 2. The number of carbonyl (C=O) groups is 7. The summed E-state index contributed by atoms with van der Waals surface area (Å²) in [6, 6.07) is 20.0. The van der Waals surface area contributed by atoms with Crippen molar-refractivity contribution in [2.24, 2.45) is 0 Å². The van der Waals surface area contributed by atoms with Crippen LogP contribution in [0.15, 0.2) is 85.2 Å². The molecule has 2 aliphatic rings. The molecule has 6 aromatic rings. The van der Waals surface area contributed by atoms with E-state index in [0.29, 0.717) is 95.0 Å². The molecule has 0 radical (unpaired) electrons. The SMILES string of the molecule is CC(=O)c1c(-c2ccc(C(=O)Nc3cc(C)ccn3)cc2)nc([C@@H]2CCCN2C(=O)OC(C)(C)C)n1N(C)C(C)=O.CC[O-].CNn1c([C@@H]2CCCN2C(=O)OC(C)(C)C)nc(-c2ccc(C(=O)Nc3cc(C)ccn3)cc2)c1C(C)=O.[Na+]. The Labute approximate surface area is 507 Å². The van der Waals surface area contributed by atoms with E-state index < -0.39 is 29.4 Å². The van der Waals surface area contributed by atoms with E-state index in [0.717, 1.165) is 17.5 Å². The summed E-state index contributed by atoms with van der Waals surface area (Å²) in [5.74, 6) is 0.451. The molecular formula is C60H75N12NaO10. The third-order valence-corrected chi connectivity index (χ3v) is 12.9. The molecular weight excluding hydrogens is 1070 g/mol. The van der Waals surface area contributed by atoms with Gasteiger partial charge in [-0.15, -0.1) is 6.61 Å². The van der Waals surface area contributed by atoms with Crippen molar-refractivity contribution in [3.8, 4) is 22.5 Å². The number of ether oxygens (including phenoxy) is 2. The van der Waals surface area contributed by atoms with Gasteiger partial charge in [-0.25, -0.2) is 38.9 Å². The fourth-order valence-corrected chi connectivity index (χ4v) is 9.31. The van der Waals surface area contributed by atoms with Gasteiger partial charge in [0.2, 0.25) is 5.91 Å². The Kier molecular flexibility index (Phi) is 22.6. The van der Waals surface area contributed by atoms with Gasteiger partial charge < -0.3 is 30.6 Å². The zero-order chi connectivity index (χ0) is 60.4. The summed E-state index contributed by atoms with van der Waals surface area (Å²) in [4.78, 5) is 111. The molecule has 2 aliphatic heterocycles. The van der Waals surface area contributed by atoms with Crippen LogP contribution in [0.25, 0.3) is 22.5 Å². The van der Waals surface area contributed by atoms with Crippen LogP contribution in [0.4, 0.5) is 21.2 Å². The van der Waals surface area contributed by atoms with Crippen molar-refractivity contribution in [2.45, 2.75) is 132 Å².